The number of aromatic nitrogens is 4. The molecule has 2 heterocycles. The van der Waals surface area contributed by atoms with Gasteiger partial charge in [-0.15, -0.1) is 0 Å². The molecule has 0 radical (unpaired) electrons. The van der Waals surface area contributed by atoms with Gasteiger partial charge in [-0.3, -0.25) is 0 Å². The van der Waals surface area contributed by atoms with Crippen LogP contribution < -0.4 is 10.6 Å². The average molecular weight is 276 g/mol. The van der Waals surface area contributed by atoms with E-state index in [1.54, 1.807) is 6.92 Å². The Morgan fingerprint density at radius 2 is 1.95 bits per heavy atom. The molecule has 0 aliphatic rings. The maximum atomic E-state index is 4.93. The Kier molecular flexibility index (Phi) is 4.86. The number of nitrogens with one attached hydrogen (secondary N) is 2. The second-order valence-electron chi connectivity index (χ2n) is 4.55. The van der Waals surface area contributed by atoms with Crippen molar-refractivity contribution in [3.63, 3.8) is 0 Å². The highest BCUT2D eigenvalue weighted by molar-refractivity contribution is 5.42. The summed E-state index contributed by atoms with van der Waals surface area (Å²) >= 11 is 0. The van der Waals surface area contributed by atoms with Crippen molar-refractivity contribution < 1.29 is 4.52 Å². The minimum Gasteiger partial charge on any atom is -0.369 e. The zero-order chi connectivity index (χ0) is 14.4. The molecule has 2 rings (SSSR count). The van der Waals surface area contributed by atoms with Crippen molar-refractivity contribution in [1.82, 2.24) is 20.1 Å². The van der Waals surface area contributed by atoms with Gasteiger partial charge in [0.25, 0.3) is 0 Å². The average Bonchev–Trinajstić information content (AvgIpc) is 2.81. The third kappa shape index (κ3) is 4.18. The summed E-state index contributed by atoms with van der Waals surface area (Å²) in [6.45, 7) is 7.40. The van der Waals surface area contributed by atoms with Crippen molar-refractivity contribution in [2.75, 3.05) is 23.7 Å². The first-order chi connectivity index (χ1) is 9.67. The molecule has 0 aliphatic carbocycles. The largest absolute Gasteiger partial charge is 0.369 e. The Hall–Kier alpha value is -2.18. The summed E-state index contributed by atoms with van der Waals surface area (Å²) in [4.78, 5) is 12.9. The number of hydrogen-bond donors (Lipinski definition) is 2. The van der Waals surface area contributed by atoms with Crippen molar-refractivity contribution >= 4 is 11.8 Å². The van der Waals surface area contributed by atoms with E-state index in [1.807, 2.05) is 13.0 Å². The summed E-state index contributed by atoms with van der Waals surface area (Å²) < 4.78 is 4.93. The Morgan fingerprint density at radius 1 is 1.10 bits per heavy atom. The van der Waals surface area contributed by atoms with Gasteiger partial charge in [-0.05, 0) is 13.3 Å². The van der Waals surface area contributed by atoms with Crippen LogP contribution in [-0.4, -0.2) is 33.2 Å². The molecule has 0 aliphatic heterocycles. The van der Waals surface area contributed by atoms with E-state index >= 15 is 0 Å². The highest BCUT2D eigenvalue weighted by Gasteiger charge is 2.04. The van der Waals surface area contributed by atoms with Gasteiger partial charge in [0.1, 0.15) is 5.82 Å². The molecule has 0 bridgehead atoms. The molecule has 0 fully saturated rings. The van der Waals surface area contributed by atoms with Crippen LogP contribution in [0.1, 0.15) is 30.8 Å². The van der Waals surface area contributed by atoms with E-state index in [1.165, 1.54) is 0 Å². The summed E-state index contributed by atoms with van der Waals surface area (Å²) in [5.74, 6) is 2.75. The molecule has 0 aromatic carbocycles. The minimum absolute atomic E-state index is 0.587. The SMILES string of the molecule is CCCNc1nc(C)cc(NCCc2noc(C)n2)n1. The number of anilines is 2. The third-order valence-electron chi connectivity index (χ3n) is 2.61. The lowest BCUT2D eigenvalue weighted by atomic mass is 10.4. The Balaban J connectivity index is 1.89. The van der Waals surface area contributed by atoms with Crippen LogP contribution in [-0.2, 0) is 6.42 Å². The van der Waals surface area contributed by atoms with E-state index < -0.39 is 0 Å². The van der Waals surface area contributed by atoms with E-state index in [2.05, 4.69) is 37.7 Å². The highest BCUT2D eigenvalue weighted by Crippen LogP contribution is 2.09. The van der Waals surface area contributed by atoms with Crippen molar-refractivity contribution in [2.24, 2.45) is 0 Å². The van der Waals surface area contributed by atoms with Gasteiger partial charge < -0.3 is 15.2 Å². The van der Waals surface area contributed by atoms with Crippen LogP contribution in [0.2, 0.25) is 0 Å². The molecule has 0 amide bonds. The predicted octanol–water partition coefficient (Wildman–Crippen LogP) is 1.95. The van der Waals surface area contributed by atoms with Gasteiger partial charge >= 0.3 is 0 Å². The third-order valence-corrected chi connectivity index (χ3v) is 2.61. The Bertz CT molecular complexity index is 554. The lowest BCUT2D eigenvalue weighted by Gasteiger charge is -2.08. The van der Waals surface area contributed by atoms with Gasteiger partial charge in [-0.1, -0.05) is 12.1 Å². The van der Waals surface area contributed by atoms with Crippen molar-refractivity contribution in [3.8, 4) is 0 Å². The van der Waals surface area contributed by atoms with Crippen LogP contribution >= 0.6 is 0 Å². The fourth-order valence-corrected chi connectivity index (χ4v) is 1.72. The highest BCUT2D eigenvalue weighted by atomic mass is 16.5. The molecule has 20 heavy (non-hydrogen) atoms. The maximum absolute atomic E-state index is 4.93. The summed E-state index contributed by atoms with van der Waals surface area (Å²) in [6, 6.07) is 1.92. The number of hydrogen-bond acceptors (Lipinski definition) is 7. The van der Waals surface area contributed by atoms with E-state index in [-0.39, 0.29) is 0 Å². The molecular weight excluding hydrogens is 256 g/mol. The van der Waals surface area contributed by atoms with E-state index in [4.69, 9.17) is 4.52 Å². The number of aryl methyl sites for hydroxylation is 2. The first kappa shape index (κ1) is 14.2. The summed E-state index contributed by atoms with van der Waals surface area (Å²) in [5, 5.41) is 10.3. The molecule has 7 nitrogen and oxygen atoms in total. The quantitative estimate of drug-likeness (QED) is 0.799. The van der Waals surface area contributed by atoms with Gasteiger partial charge in [-0.2, -0.15) is 9.97 Å². The standard InChI is InChI=1S/C13H20N6O/c1-4-6-15-13-16-9(2)8-12(18-13)14-7-5-11-17-10(3)20-19-11/h8H,4-7H2,1-3H3,(H2,14,15,16,18). The molecule has 2 N–H and O–H groups in total. The molecule has 2 aromatic heterocycles. The summed E-state index contributed by atoms with van der Waals surface area (Å²) in [6.07, 6.45) is 1.73. The van der Waals surface area contributed by atoms with Crippen molar-refractivity contribution in [3.05, 3.63) is 23.5 Å². The molecule has 7 heteroatoms. The molecule has 0 saturated carbocycles. The maximum Gasteiger partial charge on any atom is 0.224 e. The summed E-state index contributed by atoms with van der Waals surface area (Å²) in [7, 11) is 0. The van der Waals surface area contributed by atoms with Gasteiger partial charge in [0.15, 0.2) is 5.82 Å². The van der Waals surface area contributed by atoms with E-state index in [0.29, 0.717) is 30.6 Å². The Labute approximate surface area is 118 Å². The smallest absolute Gasteiger partial charge is 0.224 e. The summed E-state index contributed by atoms with van der Waals surface area (Å²) in [5.41, 5.74) is 0.927. The van der Waals surface area contributed by atoms with Gasteiger partial charge in [0.2, 0.25) is 11.8 Å². The normalized spacial score (nSPS) is 10.6. The predicted molar refractivity (Wildman–Crippen MR) is 76.8 cm³/mol. The molecule has 2 aromatic rings. The Morgan fingerprint density at radius 3 is 2.65 bits per heavy atom. The van der Waals surface area contributed by atoms with Crippen molar-refractivity contribution in [1.29, 1.82) is 0 Å². The first-order valence-corrected chi connectivity index (χ1v) is 6.80. The first-order valence-electron chi connectivity index (χ1n) is 6.80. The minimum atomic E-state index is 0.587. The van der Waals surface area contributed by atoms with Crippen LogP contribution in [0, 0.1) is 13.8 Å². The van der Waals surface area contributed by atoms with Gasteiger partial charge in [-0.25, -0.2) is 4.98 Å². The fraction of sp³-hybridized carbons (Fsp3) is 0.538. The van der Waals surface area contributed by atoms with E-state index in [0.717, 1.165) is 24.5 Å². The molecule has 0 unspecified atom stereocenters. The molecule has 0 atom stereocenters. The zero-order valence-electron chi connectivity index (χ0n) is 12.1. The lowest BCUT2D eigenvalue weighted by Crippen LogP contribution is -2.11. The van der Waals surface area contributed by atoms with Crippen molar-refractivity contribution in [2.45, 2.75) is 33.6 Å². The van der Waals surface area contributed by atoms with Crippen LogP contribution in [0.25, 0.3) is 0 Å². The topological polar surface area (TPSA) is 88.8 Å². The van der Waals surface area contributed by atoms with Gasteiger partial charge in [0.05, 0.1) is 0 Å². The fourth-order valence-electron chi connectivity index (χ4n) is 1.72. The zero-order valence-corrected chi connectivity index (χ0v) is 12.1. The van der Waals surface area contributed by atoms with Crippen LogP contribution in [0.3, 0.4) is 0 Å². The van der Waals surface area contributed by atoms with Gasteiger partial charge in [0, 0.05) is 38.2 Å². The van der Waals surface area contributed by atoms with Crippen LogP contribution in [0.5, 0.6) is 0 Å². The van der Waals surface area contributed by atoms with Crippen LogP contribution in [0.15, 0.2) is 10.6 Å². The van der Waals surface area contributed by atoms with E-state index in [9.17, 15) is 0 Å². The van der Waals surface area contributed by atoms with Crippen LogP contribution in [0.4, 0.5) is 11.8 Å². The monoisotopic (exact) mass is 276 g/mol. The molecule has 0 saturated heterocycles. The molecule has 0 spiro atoms. The molecule has 108 valence electrons. The number of nitrogens with zero attached hydrogens (tertiary/aromatic N) is 4. The second kappa shape index (κ2) is 6.83. The lowest BCUT2D eigenvalue weighted by molar-refractivity contribution is 0.387. The number of rotatable bonds is 7. The molecular formula is C13H20N6O. The second-order valence-corrected chi connectivity index (χ2v) is 4.55.